The Bertz CT molecular complexity index is 528. The van der Waals surface area contributed by atoms with Gasteiger partial charge in [-0.15, -0.1) is 16.4 Å². The normalized spacial score (nSPS) is 10.3. The van der Waals surface area contributed by atoms with E-state index in [1.54, 1.807) is 11.3 Å². The first-order valence-electron chi connectivity index (χ1n) is 5.54. The maximum absolute atomic E-state index is 11.2. The van der Waals surface area contributed by atoms with Gasteiger partial charge in [0.15, 0.2) is 5.82 Å². The van der Waals surface area contributed by atoms with Crippen molar-refractivity contribution in [3.63, 3.8) is 0 Å². The van der Waals surface area contributed by atoms with Crippen LogP contribution in [0.2, 0.25) is 0 Å². The summed E-state index contributed by atoms with van der Waals surface area (Å²) in [7, 11) is 0. The average molecular weight is 263 g/mol. The molecule has 1 N–H and O–H groups in total. The van der Waals surface area contributed by atoms with Gasteiger partial charge in [-0.25, -0.2) is 4.79 Å². The highest BCUT2D eigenvalue weighted by molar-refractivity contribution is 7.09. The Hall–Kier alpha value is -1.95. The molecule has 0 bridgehead atoms. The average Bonchev–Trinajstić information content (AvgIpc) is 2.88. The molecule has 2 aromatic heterocycles. The fourth-order valence-corrected chi connectivity index (χ4v) is 2.37. The quantitative estimate of drug-likeness (QED) is 0.896. The molecule has 0 aliphatic rings. The van der Waals surface area contributed by atoms with E-state index in [1.165, 1.54) is 17.1 Å². The summed E-state index contributed by atoms with van der Waals surface area (Å²) in [4.78, 5) is 14.2. The lowest BCUT2D eigenvalue weighted by Crippen LogP contribution is -2.25. The van der Waals surface area contributed by atoms with Gasteiger partial charge < -0.3 is 10.0 Å². The summed E-state index contributed by atoms with van der Waals surface area (Å²) in [6.07, 6.45) is 1.39. The minimum atomic E-state index is -0.982. The van der Waals surface area contributed by atoms with Crippen molar-refractivity contribution >= 4 is 23.1 Å². The zero-order chi connectivity index (χ0) is 13.0. The van der Waals surface area contributed by atoms with Gasteiger partial charge in [-0.05, 0) is 24.4 Å². The first-order chi connectivity index (χ1) is 8.72. The van der Waals surface area contributed by atoms with Crippen LogP contribution in [-0.4, -0.2) is 27.8 Å². The molecule has 5 nitrogen and oxygen atoms in total. The van der Waals surface area contributed by atoms with E-state index >= 15 is 0 Å². The van der Waals surface area contributed by atoms with Crippen LogP contribution in [0.3, 0.4) is 0 Å². The van der Waals surface area contributed by atoms with Crippen molar-refractivity contribution in [2.75, 3.05) is 11.4 Å². The van der Waals surface area contributed by atoms with Gasteiger partial charge in [-0.1, -0.05) is 6.07 Å². The zero-order valence-corrected chi connectivity index (χ0v) is 10.7. The van der Waals surface area contributed by atoms with Crippen molar-refractivity contribution < 1.29 is 9.90 Å². The number of carboxylic acid groups (broad SMARTS) is 1. The van der Waals surface area contributed by atoms with E-state index < -0.39 is 5.97 Å². The summed E-state index contributed by atoms with van der Waals surface area (Å²) in [5, 5.41) is 18.9. The minimum Gasteiger partial charge on any atom is -0.478 e. The first kappa shape index (κ1) is 12.5. The van der Waals surface area contributed by atoms with Crippen LogP contribution in [0, 0.1) is 0 Å². The van der Waals surface area contributed by atoms with Gasteiger partial charge in [-0.3, -0.25) is 0 Å². The van der Waals surface area contributed by atoms with E-state index in [1.807, 2.05) is 29.3 Å². The molecular weight excluding hydrogens is 250 g/mol. The number of thiophene rings is 1. The van der Waals surface area contributed by atoms with Gasteiger partial charge in [0.2, 0.25) is 0 Å². The van der Waals surface area contributed by atoms with Crippen LogP contribution in [0.15, 0.2) is 29.8 Å². The number of aromatic nitrogens is 2. The number of anilines is 1. The third-order valence-corrected chi connectivity index (χ3v) is 3.40. The number of aromatic carboxylic acids is 1. The molecule has 0 unspecified atom stereocenters. The molecule has 0 aliphatic carbocycles. The summed E-state index contributed by atoms with van der Waals surface area (Å²) < 4.78 is 0. The van der Waals surface area contributed by atoms with E-state index in [0.717, 1.165) is 0 Å². The van der Waals surface area contributed by atoms with E-state index in [9.17, 15) is 4.79 Å². The van der Waals surface area contributed by atoms with E-state index in [-0.39, 0.29) is 5.56 Å². The molecule has 0 radical (unpaired) electrons. The molecule has 0 aromatic carbocycles. The molecule has 0 fully saturated rings. The molecule has 2 rings (SSSR count). The summed E-state index contributed by atoms with van der Waals surface area (Å²) in [5.41, 5.74) is 0.184. The second-order valence-corrected chi connectivity index (χ2v) is 4.70. The highest BCUT2D eigenvalue weighted by Gasteiger charge is 2.17. The van der Waals surface area contributed by atoms with Crippen molar-refractivity contribution in [1.82, 2.24) is 10.2 Å². The molecule has 0 saturated carbocycles. The van der Waals surface area contributed by atoms with Crippen LogP contribution < -0.4 is 4.90 Å². The Morgan fingerprint density at radius 1 is 1.50 bits per heavy atom. The first-order valence-corrected chi connectivity index (χ1v) is 6.42. The Morgan fingerprint density at radius 2 is 2.33 bits per heavy atom. The molecular formula is C12H13N3O2S. The van der Waals surface area contributed by atoms with Crippen molar-refractivity contribution in [1.29, 1.82) is 0 Å². The largest absolute Gasteiger partial charge is 0.478 e. The molecule has 0 atom stereocenters. The maximum Gasteiger partial charge on any atom is 0.339 e. The smallest absolute Gasteiger partial charge is 0.339 e. The highest BCUT2D eigenvalue weighted by atomic mass is 32.1. The van der Waals surface area contributed by atoms with Gasteiger partial charge in [0.1, 0.15) is 5.56 Å². The minimum absolute atomic E-state index is 0.184. The molecule has 18 heavy (non-hydrogen) atoms. The van der Waals surface area contributed by atoms with Gasteiger partial charge in [-0.2, -0.15) is 5.10 Å². The Labute approximate surface area is 109 Å². The van der Waals surface area contributed by atoms with Crippen molar-refractivity contribution in [2.24, 2.45) is 0 Å². The SMILES string of the molecule is CCN(Cc1cccs1)c1nnccc1C(=O)O. The lowest BCUT2D eigenvalue weighted by molar-refractivity contribution is 0.0697. The summed E-state index contributed by atoms with van der Waals surface area (Å²) in [5.74, 6) is -0.564. The fraction of sp³-hybridized carbons (Fsp3) is 0.250. The molecule has 94 valence electrons. The van der Waals surface area contributed by atoms with Gasteiger partial charge in [0.05, 0.1) is 12.7 Å². The summed E-state index contributed by atoms with van der Waals surface area (Å²) >= 11 is 1.64. The van der Waals surface area contributed by atoms with E-state index in [0.29, 0.717) is 18.9 Å². The van der Waals surface area contributed by atoms with Gasteiger partial charge >= 0.3 is 5.97 Å². The van der Waals surface area contributed by atoms with E-state index in [2.05, 4.69) is 10.2 Å². The predicted molar refractivity (Wildman–Crippen MR) is 70.0 cm³/mol. The lowest BCUT2D eigenvalue weighted by Gasteiger charge is -2.21. The Balaban J connectivity index is 2.30. The third kappa shape index (κ3) is 2.65. The second kappa shape index (κ2) is 5.59. The van der Waals surface area contributed by atoms with Crippen LogP contribution in [0.4, 0.5) is 5.82 Å². The third-order valence-electron chi connectivity index (χ3n) is 2.54. The van der Waals surface area contributed by atoms with Crippen LogP contribution >= 0.6 is 11.3 Å². The monoisotopic (exact) mass is 263 g/mol. The van der Waals surface area contributed by atoms with Crippen LogP contribution in [0.1, 0.15) is 22.2 Å². The van der Waals surface area contributed by atoms with Crippen molar-refractivity contribution in [2.45, 2.75) is 13.5 Å². The Kier molecular flexibility index (Phi) is 3.88. The highest BCUT2D eigenvalue weighted by Crippen LogP contribution is 2.20. The number of hydrogen-bond donors (Lipinski definition) is 1. The molecule has 0 amide bonds. The number of carboxylic acids is 1. The van der Waals surface area contributed by atoms with Crippen molar-refractivity contribution in [3.8, 4) is 0 Å². The standard InChI is InChI=1S/C12H13N3O2S/c1-2-15(8-9-4-3-7-18-9)11-10(12(16)17)5-6-13-14-11/h3-7H,2,8H2,1H3,(H,16,17). The molecule has 0 spiro atoms. The summed E-state index contributed by atoms with van der Waals surface area (Å²) in [6, 6.07) is 5.47. The molecule has 0 aliphatic heterocycles. The predicted octanol–water partition coefficient (Wildman–Crippen LogP) is 2.26. The number of nitrogens with zero attached hydrogens (tertiary/aromatic N) is 3. The Morgan fingerprint density at radius 3 is 2.94 bits per heavy atom. The lowest BCUT2D eigenvalue weighted by atomic mass is 10.2. The van der Waals surface area contributed by atoms with Crippen molar-refractivity contribution in [3.05, 3.63) is 40.2 Å². The van der Waals surface area contributed by atoms with Crippen LogP contribution in [0.25, 0.3) is 0 Å². The van der Waals surface area contributed by atoms with Crippen LogP contribution in [0.5, 0.6) is 0 Å². The fourth-order valence-electron chi connectivity index (χ4n) is 1.65. The zero-order valence-electron chi connectivity index (χ0n) is 9.91. The van der Waals surface area contributed by atoms with E-state index in [4.69, 9.17) is 5.11 Å². The molecule has 6 heteroatoms. The number of carbonyl (C=O) groups is 1. The van der Waals surface area contributed by atoms with Gasteiger partial charge in [0.25, 0.3) is 0 Å². The number of hydrogen-bond acceptors (Lipinski definition) is 5. The molecule has 2 aromatic rings. The van der Waals surface area contributed by atoms with Gasteiger partial charge in [0, 0.05) is 11.4 Å². The van der Waals surface area contributed by atoms with Crippen LogP contribution in [-0.2, 0) is 6.54 Å². The maximum atomic E-state index is 11.2. The number of rotatable bonds is 5. The molecule has 0 saturated heterocycles. The second-order valence-electron chi connectivity index (χ2n) is 3.67. The molecule has 2 heterocycles. The summed E-state index contributed by atoms with van der Waals surface area (Å²) in [6.45, 7) is 3.29. The topological polar surface area (TPSA) is 66.3 Å².